The Morgan fingerprint density at radius 2 is 2.28 bits per heavy atom. The molecule has 0 aliphatic rings. The van der Waals surface area contributed by atoms with E-state index in [1.165, 1.54) is 11.3 Å². The van der Waals surface area contributed by atoms with Crippen LogP contribution in [0.5, 0.6) is 0 Å². The topological polar surface area (TPSA) is 42.0 Å². The van der Waals surface area contributed by atoms with Gasteiger partial charge in [-0.25, -0.2) is 4.98 Å². The van der Waals surface area contributed by atoms with Crippen LogP contribution in [0, 0.1) is 0 Å². The number of carbonyl (C=O) groups excluding carboxylic acids is 1. The fourth-order valence-corrected chi connectivity index (χ4v) is 2.78. The second-order valence-corrected chi connectivity index (χ2v) is 5.69. The summed E-state index contributed by atoms with van der Waals surface area (Å²) in [7, 11) is 0. The molecule has 7 heteroatoms. The number of alkyl halides is 1. The average Bonchev–Trinajstić information content (AvgIpc) is 2.80. The highest BCUT2D eigenvalue weighted by Crippen LogP contribution is 2.27. The number of carbonyl (C=O) groups is 1. The molecule has 0 radical (unpaired) electrons. The van der Waals surface area contributed by atoms with Gasteiger partial charge in [0.15, 0.2) is 5.13 Å². The van der Waals surface area contributed by atoms with Crippen molar-refractivity contribution in [2.24, 2.45) is 0 Å². The molecule has 1 N–H and O–H groups in total. The molecule has 1 aromatic heterocycles. The standard InChI is InChI=1S/C11H7BrCl2N2OS/c12-8-3-1-2-7(9(8)14)10(17)16-11-15-6(4-13)5-18-11/h1-3,5H,4H2,(H,15,16,17). The minimum absolute atomic E-state index is 0.295. The first kappa shape index (κ1) is 13.8. The number of nitrogens with one attached hydrogen (secondary N) is 1. The number of aromatic nitrogens is 1. The lowest BCUT2D eigenvalue weighted by Gasteiger charge is -2.05. The zero-order valence-corrected chi connectivity index (χ0v) is 12.8. The van der Waals surface area contributed by atoms with Crippen LogP contribution < -0.4 is 5.32 Å². The summed E-state index contributed by atoms with van der Waals surface area (Å²) >= 11 is 16.3. The number of anilines is 1. The van der Waals surface area contributed by atoms with Crippen molar-refractivity contribution in [2.75, 3.05) is 5.32 Å². The summed E-state index contributed by atoms with van der Waals surface area (Å²) in [4.78, 5) is 16.1. The Bertz CT molecular complexity index is 588. The van der Waals surface area contributed by atoms with Crippen molar-refractivity contribution in [2.45, 2.75) is 5.88 Å². The lowest BCUT2D eigenvalue weighted by Crippen LogP contribution is -2.12. The molecule has 1 heterocycles. The van der Waals surface area contributed by atoms with Crippen LogP contribution in [0.25, 0.3) is 0 Å². The predicted octanol–water partition coefficient (Wildman–Crippen LogP) is 4.55. The van der Waals surface area contributed by atoms with Gasteiger partial charge in [0.05, 0.1) is 22.2 Å². The monoisotopic (exact) mass is 364 g/mol. The molecule has 0 saturated heterocycles. The van der Waals surface area contributed by atoms with E-state index in [2.05, 4.69) is 26.2 Å². The first-order valence-electron chi connectivity index (χ1n) is 4.87. The summed E-state index contributed by atoms with van der Waals surface area (Å²) in [6.07, 6.45) is 0. The number of hydrogen-bond acceptors (Lipinski definition) is 3. The van der Waals surface area contributed by atoms with Crippen molar-refractivity contribution in [3.05, 3.63) is 44.3 Å². The van der Waals surface area contributed by atoms with E-state index in [-0.39, 0.29) is 5.91 Å². The summed E-state index contributed by atoms with van der Waals surface area (Å²) < 4.78 is 0.678. The molecule has 18 heavy (non-hydrogen) atoms. The Kier molecular flexibility index (Phi) is 4.61. The van der Waals surface area contributed by atoms with Crippen LogP contribution >= 0.6 is 50.5 Å². The van der Waals surface area contributed by atoms with Gasteiger partial charge >= 0.3 is 0 Å². The van der Waals surface area contributed by atoms with Gasteiger partial charge in [-0.3, -0.25) is 10.1 Å². The SMILES string of the molecule is O=C(Nc1nc(CCl)cs1)c1cccc(Br)c1Cl. The summed E-state index contributed by atoms with van der Waals surface area (Å²) in [6.45, 7) is 0. The first-order chi connectivity index (χ1) is 8.61. The molecule has 0 unspecified atom stereocenters. The summed E-state index contributed by atoms with van der Waals surface area (Å²) in [6, 6.07) is 5.17. The van der Waals surface area contributed by atoms with Crippen LogP contribution in [0.15, 0.2) is 28.1 Å². The Morgan fingerprint density at radius 3 is 2.94 bits per heavy atom. The van der Waals surface area contributed by atoms with Crippen LogP contribution in [0.4, 0.5) is 5.13 Å². The highest BCUT2D eigenvalue weighted by molar-refractivity contribution is 9.10. The minimum Gasteiger partial charge on any atom is -0.298 e. The molecular weight excluding hydrogens is 359 g/mol. The normalized spacial score (nSPS) is 10.4. The number of benzene rings is 1. The maximum absolute atomic E-state index is 12.0. The highest BCUT2D eigenvalue weighted by Gasteiger charge is 2.13. The minimum atomic E-state index is -0.295. The second-order valence-electron chi connectivity index (χ2n) is 3.33. The van der Waals surface area contributed by atoms with Gasteiger partial charge in [-0.15, -0.1) is 22.9 Å². The van der Waals surface area contributed by atoms with Gasteiger partial charge in [-0.2, -0.15) is 0 Å². The van der Waals surface area contributed by atoms with Crippen molar-refractivity contribution >= 4 is 61.5 Å². The molecule has 1 amide bonds. The molecular formula is C11H7BrCl2N2OS. The van der Waals surface area contributed by atoms with Crippen LogP contribution in [-0.4, -0.2) is 10.9 Å². The number of halogens is 3. The van der Waals surface area contributed by atoms with Gasteiger partial charge in [-0.05, 0) is 28.1 Å². The Morgan fingerprint density at radius 1 is 1.50 bits per heavy atom. The molecule has 0 saturated carbocycles. The zero-order valence-electron chi connectivity index (χ0n) is 8.91. The van der Waals surface area contributed by atoms with E-state index >= 15 is 0 Å². The second kappa shape index (κ2) is 6.02. The fourth-order valence-electron chi connectivity index (χ4n) is 1.27. The third-order valence-electron chi connectivity index (χ3n) is 2.11. The number of thiazole rings is 1. The lowest BCUT2D eigenvalue weighted by atomic mass is 10.2. The number of amides is 1. The molecule has 1 aromatic carbocycles. The van der Waals surface area contributed by atoms with Crippen molar-refractivity contribution in [1.29, 1.82) is 0 Å². The van der Waals surface area contributed by atoms with Crippen molar-refractivity contribution in [1.82, 2.24) is 4.98 Å². The van der Waals surface area contributed by atoms with Gasteiger partial charge < -0.3 is 0 Å². The van der Waals surface area contributed by atoms with Gasteiger partial charge in [0, 0.05) is 9.85 Å². The molecule has 0 bridgehead atoms. The third-order valence-corrected chi connectivity index (χ3v) is 4.48. The first-order valence-corrected chi connectivity index (χ1v) is 7.46. The van der Waals surface area contributed by atoms with Gasteiger partial charge in [0.1, 0.15) is 0 Å². The van der Waals surface area contributed by atoms with Crippen LogP contribution in [-0.2, 0) is 5.88 Å². The Hall–Kier alpha value is -0.620. The van der Waals surface area contributed by atoms with E-state index < -0.39 is 0 Å². The molecule has 2 aromatic rings. The lowest BCUT2D eigenvalue weighted by molar-refractivity contribution is 0.102. The van der Waals surface area contributed by atoms with Crippen LogP contribution in [0.2, 0.25) is 5.02 Å². The molecule has 3 nitrogen and oxygen atoms in total. The molecule has 94 valence electrons. The summed E-state index contributed by atoms with van der Waals surface area (Å²) in [5.74, 6) is 0.0288. The quantitative estimate of drug-likeness (QED) is 0.810. The van der Waals surface area contributed by atoms with Crippen molar-refractivity contribution in [3.8, 4) is 0 Å². The zero-order chi connectivity index (χ0) is 13.1. The number of nitrogens with zero attached hydrogens (tertiary/aromatic N) is 1. The van der Waals surface area contributed by atoms with Crippen LogP contribution in [0.3, 0.4) is 0 Å². The highest BCUT2D eigenvalue weighted by atomic mass is 79.9. The largest absolute Gasteiger partial charge is 0.298 e. The third kappa shape index (κ3) is 3.03. The molecule has 0 atom stereocenters. The fraction of sp³-hybridized carbons (Fsp3) is 0.0909. The molecule has 0 spiro atoms. The van der Waals surface area contributed by atoms with E-state index in [0.29, 0.717) is 26.1 Å². The van der Waals surface area contributed by atoms with Crippen molar-refractivity contribution in [3.63, 3.8) is 0 Å². The van der Waals surface area contributed by atoms with E-state index in [1.807, 2.05) is 0 Å². The molecule has 0 fully saturated rings. The van der Waals surface area contributed by atoms with E-state index in [1.54, 1.807) is 23.6 Å². The van der Waals surface area contributed by atoms with Crippen molar-refractivity contribution < 1.29 is 4.79 Å². The van der Waals surface area contributed by atoms with Crippen LogP contribution in [0.1, 0.15) is 16.1 Å². The van der Waals surface area contributed by atoms with E-state index in [0.717, 1.165) is 5.69 Å². The molecule has 0 aliphatic carbocycles. The number of rotatable bonds is 3. The maximum Gasteiger partial charge on any atom is 0.258 e. The van der Waals surface area contributed by atoms with E-state index in [9.17, 15) is 4.79 Å². The predicted molar refractivity (Wildman–Crippen MR) is 78.8 cm³/mol. The average molecular weight is 366 g/mol. The smallest absolute Gasteiger partial charge is 0.258 e. The Balaban J connectivity index is 2.19. The van der Waals surface area contributed by atoms with E-state index in [4.69, 9.17) is 23.2 Å². The number of hydrogen-bond donors (Lipinski definition) is 1. The van der Waals surface area contributed by atoms with Gasteiger partial charge in [0.2, 0.25) is 0 Å². The maximum atomic E-state index is 12.0. The Labute approximate surface area is 126 Å². The molecule has 0 aliphatic heterocycles. The molecule has 2 rings (SSSR count). The summed E-state index contributed by atoms with van der Waals surface area (Å²) in [5.41, 5.74) is 1.13. The summed E-state index contributed by atoms with van der Waals surface area (Å²) in [5, 5.41) is 5.37. The van der Waals surface area contributed by atoms with Gasteiger partial charge in [-0.1, -0.05) is 17.7 Å². The van der Waals surface area contributed by atoms with Gasteiger partial charge in [0.25, 0.3) is 5.91 Å².